The molecule has 0 aromatic heterocycles. The van der Waals surface area contributed by atoms with Gasteiger partial charge in [-0.2, -0.15) is 17.9 Å². The molecule has 0 aliphatic heterocycles. The Morgan fingerprint density at radius 3 is 2.42 bits per heavy atom. The molecule has 0 atom stereocenters. The average molecular weight is 293 g/mol. The number of nitrogens with zero attached hydrogens (tertiary/aromatic N) is 1. The minimum absolute atomic E-state index is 0.00484. The predicted molar refractivity (Wildman–Crippen MR) is 72.0 cm³/mol. The molecule has 19 heavy (non-hydrogen) atoms. The van der Waals surface area contributed by atoms with E-state index in [2.05, 4.69) is 9.44 Å². The number of carboxylic acid groups (broad SMARTS) is 1. The van der Waals surface area contributed by atoms with E-state index in [1.807, 2.05) is 11.8 Å². The number of aliphatic carboxylic acids is 1. The molecule has 0 saturated heterocycles. The quantitative estimate of drug-likeness (QED) is 0.573. The molecule has 0 bridgehead atoms. The van der Waals surface area contributed by atoms with Gasteiger partial charge in [-0.15, -0.1) is 0 Å². The van der Waals surface area contributed by atoms with Crippen LogP contribution in [-0.2, 0) is 15.0 Å². The molecule has 3 N–H and O–H groups in total. The Hall–Kier alpha value is -0.700. The van der Waals surface area contributed by atoms with Crippen LogP contribution in [0, 0.1) is 0 Å². The van der Waals surface area contributed by atoms with Gasteiger partial charge in [0.1, 0.15) is 0 Å². The van der Waals surface area contributed by atoms with Gasteiger partial charge in [-0.05, 0) is 33.2 Å². The number of rotatable bonds is 8. The summed E-state index contributed by atoms with van der Waals surface area (Å²) in [7, 11) is -3.45. The molecule has 0 amide bonds. The molecule has 7 nitrogen and oxygen atoms in total. The zero-order chi connectivity index (χ0) is 14.6. The van der Waals surface area contributed by atoms with Crippen LogP contribution in [0.3, 0.4) is 0 Å². The number of hydrogen-bond acceptors (Lipinski definition) is 4. The molecule has 0 aromatic rings. The molecule has 1 fully saturated rings. The first-order valence-corrected chi connectivity index (χ1v) is 7.97. The van der Waals surface area contributed by atoms with Gasteiger partial charge >= 0.3 is 5.97 Å². The summed E-state index contributed by atoms with van der Waals surface area (Å²) in [6, 6.07) is -0.107. The van der Waals surface area contributed by atoms with E-state index in [-0.39, 0.29) is 24.7 Å². The lowest BCUT2D eigenvalue weighted by Gasteiger charge is -2.42. The molecule has 0 aromatic carbocycles. The average Bonchev–Trinajstić information content (AvgIpc) is 2.17. The maximum atomic E-state index is 11.6. The van der Waals surface area contributed by atoms with E-state index in [0.29, 0.717) is 19.4 Å². The van der Waals surface area contributed by atoms with Gasteiger partial charge in [-0.3, -0.25) is 9.69 Å². The lowest BCUT2D eigenvalue weighted by Crippen LogP contribution is -2.56. The second-order valence-corrected chi connectivity index (χ2v) is 6.65. The lowest BCUT2D eigenvalue weighted by molar-refractivity contribution is -0.139. The Morgan fingerprint density at radius 1 is 1.42 bits per heavy atom. The van der Waals surface area contributed by atoms with E-state index >= 15 is 0 Å². The third-order valence-electron chi connectivity index (χ3n) is 3.09. The van der Waals surface area contributed by atoms with Crippen LogP contribution in [0.4, 0.5) is 0 Å². The van der Waals surface area contributed by atoms with Gasteiger partial charge in [-0.1, -0.05) is 6.92 Å². The van der Waals surface area contributed by atoms with Gasteiger partial charge in [0.25, 0.3) is 10.2 Å². The summed E-state index contributed by atoms with van der Waals surface area (Å²) in [6.45, 7) is 6.08. The summed E-state index contributed by atoms with van der Waals surface area (Å²) < 4.78 is 28.3. The van der Waals surface area contributed by atoms with Crippen LogP contribution in [-0.4, -0.2) is 55.6 Å². The largest absolute Gasteiger partial charge is 0.480 e. The highest BCUT2D eigenvalue weighted by Crippen LogP contribution is 2.25. The van der Waals surface area contributed by atoms with Crippen molar-refractivity contribution in [3.05, 3.63) is 0 Å². The fourth-order valence-electron chi connectivity index (χ4n) is 2.22. The lowest BCUT2D eigenvalue weighted by atomic mass is 9.86. The molecule has 0 spiro atoms. The van der Waals surface area contributed by atoms with E-state index in [1.165, 1.54) is 0 Å². The van der Waals surface area contributed by atoms with Crippen LogP contribution in [0.1, 0.15) is 33.6 Å². The Morgan fingerprint density at radius 2 is 2.00 bits per heavy atom. The highest BCUT2D eigenvalue weighted by molar-refractivity contribution is 7.87. The summed E-state index contributed by atoms with van der Waals surface area (Å²) in [5, 5.41) is 8.77. The van der Waals surface area contributed by atoms with Gasteiger partial charge in [0.05, 0.1) is 6.54 Å². The SMILES string of the molecule is CCN(CC(=O)O)C1CC(NS(=O)(=O)NC(C)C)C1. The highest BCUT2D eigenvalue weighted by Gasteiger charge is 2.35. The van der Waals surface area contributed by atoms with Crippen molar-refractivity contribution >= 4 is 16.2 Å². The molecule has 0 heterocycles. The molecule has 0 radical (unpaired) electrons. The molecular formula is C11H23N3O4S. The van der Waals surface area contributed by atoms with Crippen LogP contribution in [0.2, 0.25) is 0 Å². The fraction of sp³-hybridized carbons (Fsp3) is 0.909. The summed E-state index contributed by atoms with van der Waals surface area (Å²) in [4.78, 5) is 12.5. The third kappa shape index (κ3) is 5.43. The number of carbonyl (C=O) groups is 1. The van der Waals surface area contributed by atoms with E-state index < -0.39 is 16.2 Å². The maximum Gasteiger partial charge on any atom is 0.317 e. The number of likely N-dealkylation sites (N-methyl/N-ethyl adjacent to an activating group) is 1. The van der Waals surface area contributed by atoms with Crippen LogP contribution >= 0.6 is 0 Å². The van der Waals surface area contributed by atoms with Crippen LogP contribution < -0.4 is 9.44 Å². The van der Waals surface area contributed by atoms with E-state index in [9.17, 15) is 13.2 Å². The van der Waals surface area contributed by atoms with E-state index in [1.54, 1.807) is 13.8 Å². The van der Waals surface area contributed by atoms with Gasteiger partial charge < -0.3 is 5.11 Å². The van der Waals surface area contributed by atoms with Crippen LogP contribution in [0.15, 0.2) is 0 Å². The van der Waals surface area contributed by atoms with Crippen molar-refractivity contribution in [3.63, 3.8) is 0 Å². The molecule has 1 aliphatic rings. The Balaban J connectivity index is 2.39. The summed E-state index contributed by atoms with van der Waals surface area (Å²) in [5.74, 6) is -0.854. The van der Waals surface area contributed by atoms with Gasteiger partial charge in [0.2, 0.25) is 0 Å². The first-order chi connectivity index (χ1) is 8.73. The Kier molecular flexibility index (Phi) is 5.72. The van der Waals surface area contributed by atoms with E-state index in [4.69, 9.17) is 5.11 Å². The van der Waals surface area contributed by atoms with Gasteiger partial charge in [-0.25, -0.2) is 0 Å². The van der Waals surface area contributed by atoms with Gasteiger partial charge in [0, 0.05) is 18.1 Å². The zero-order valence-corrected chi connectivity index (χ0v) is 12.4. The molecule has 1 aliphatic carbocycles. The zero-order valence-electron chi connectivity index (χ0n) is 11.6. The van der Waals surface area contributed by atoms with Crippen molar-refractivity contribution in [1.29, 1.82) is 0 Å². The molecular weight excluding hydrogens is 270 g/mol. The van der Waals surface area contributed by atoms with Crippen LogP contribution in [0.25, 0.3) is 0 Å². The first kappa shape index (κ1) is 16.4. The Labute approximate surface area is 114 Å². The van der Waals surface area contributed by atoms with Gasteiger partial charge in [0.15, 0.2) is 0 Å². The highest BCUT2D eigenvalue weighted by atomic mass is 32.2. The van der Waals surface area contributed by atoms with Crippen molar-refractivity contribution in [1.82, 2.24) is 14.3 Å². The second-order valence-electron chi connectivity index (χ2n) is 5.17. The van der Waals surface area contributed by atoms with Crippen molar-refractivity contribution in [3.8, 4) is 0 Å². The minimum atomic E-state index is -3.45. The fourth-order valence-corrected chi connectivity index (χ4v) is 3.54. The third-order valence-corrected chi connectivity index (χ3v) is 4.51. The first-order valence-electron chi connectivity index (χ1n) is 6.49. The number of nitrogens with one attached hydrogen (secondary N) is 2. The van der Waals surface area contributed by atoms with Crippen molar-refractivity contribution < 1.29 is 18.3 Å². The molecule has 8 heteroatoms. The van der Waals surface area contributed by atoms with Crippen LogP contribution in [0.5, 0.6) is 0 Å². The van der Waals surface area contributed by atoms with Crippen molar-refractivity contribution in [2.75, 3.05) is 13.1 Å². The summed E-state index contributed by atoms with van der Waals surface area (Å²) in [6.07, 6.45) is 1.31. The number of carboxylic acids is 1. The topological polar surface area (TPSA) is 98.7 Å². The van der Waals surface area contributed by atoms with Crippen molar-refractivity contribution in [2.24, 2.45) is 0 Å². The summed E-state index contributed by atoms with van der Waals surface area (Å²) in [5.41, 5.74) is 0. The molecule has 112 valence electrons. The molecule has 0 unspecified atom stereocenters. The normalized spacial score (nSPS) is 23.6. The standard InChI is InChI=1S/C11H23N3O4S/c1-4-14(7-11(15)16)10-5-9(6-10)13-19(17,18)12-8(2)3/h8-10,12-13H,4-7H2,1-3H3,(H,15,16). The molecule has 1 saturated carbocycles. The van der Waals surface area contributed by atoms with E-state index in [0.717, 1.165) is 0 Å². The predicted octanol–water partition coefficient (Wildman–Crippen LogP) is -0.244. The Bertz CT molecular complexity index is 404. The smallest absolute Gasteiger partial charge is 0.317 e. The molecule has 1 rings (SSSR count). The second kappa shape index (κ2) is 6.65. The minimum Gasteiger partial charge on any atom is -0.480 e. The van der Waals surface area contributed by atoms with Crippen molar-refractivity contribution in [2.45, 2.75) is 51.7 Å². The number of hydrogen-bond donors (Lipinski definition) is 3. The monoisotopic (exact) mass is 293 g/mol. The summed E-state index contributed by atoms with van der Waals surface area (Å²) >= 11 is 0. The maximum absolute atomic E-state index is 11.6.